The lowest BCUT2D eigenvalue weighted by Crippen LogP contribution is -2.45. The lowest BCUT2D eigenvalue weighted by atomic mass is 10.1. The highest BCUT2D eigenvalue weighted by Crippen LogP contribution is 2.40. The minimum Gasteiger partial charge on any atom is -0.468 e. The molecule has 0 amide bonds. The molecule has 0 spiro atoms. The number of hydrogen-bond donors (Lipinski definition) is 1. The molecule has 88 valence electrons. The number of furan rings is 1. The molecule has 0 unspecified atom stereocenters. The summed E-state index contributed by atoms with van der Waals surface area (Å²) < 4.78 is 5.62. The smallest absolute Gasteiger partial charge is 0.120 e. The van der Waals surface area contributed by atoms with Gasteiger partial charge >= 0.3 is 0 Å². The molecule has 0 radical (unpaired) electrons. The zero-order valence-electron chi connectivity index (χ0n) is 9.69. The fourth-order valence-electron chi connectivity index (χ4n) is 2.59. The van der Waals surface area contributed by atoms with E-state index in [0.717, 1.165) is 37.9 Å². The summed E-state index contributed by atoms with van der Waals surface area (Å²) in [6.45, 7) is 4.53. The molecular formula is C13H20N2O. The van der Waals surface area contributed by atoms with Gasteiger partial charge in [0.15, 0.2) is 0 Å². The van der Waals surface area contributed by atoms with Gasteiger partial charge in [0.05, 0.1) is 12.3 Å². The Hall–Kier alpha value is -0.800. The van der Waals surface area contributed by atoms with Gasteiger partial charge in [-0.2, -0.15) is 0 Å². The predicted octanol–water partition coefficient (Wildman–Crippen LogP) is 2.03. The van der Waals surface area contributed by atoms with Crippen LogP contribution in [0.15, 0.2) is 22.8 Å². The molecule has 2 aliphatic rings. The van der Waals surface area contributed by atoms with Gasteiger partial charge in [-0.15, -0.1) is 0 Å². The van der Waals surface area contributed by atoms with Crippen molar-refractivity contribution in [3.8, 4) is 0 Å². The van der Waals surface area contributed by atoms with Crippen LogP contribution in [0.2, 0.25) is 0 Å². The number of nitrogens with zero attached hydrogens (tertiary/aromatic N) is 1. The van der Waals surface area contributed by atoms with E-state index >= 15 is 0 Å². The standard InChI is InChI=1S/C13H20N2O/c1-2-13(16-9-1)12(10-11-3-4-11)15-7-5-14-6-8-15/h1-2,9,11-12,14H,3-8,10H2/t12-/m1/s1. The van der Waals surface area contributed by atoms with Crippen molar-refractivity contribution in [1.82, 2.24) is 10.2 Å². The van der Waals surface area contributed by atoms with E-state index in [1.807, 2.05) is 6.07 Å². The van der Waals surface area contributed by atoms with E-state index in [1.54, 1.807) is 6.26 Å². The Morgan fingerprint density at radius 3 is 2.81 bits per heavy atom. The molecule has 1 aliphatic carbocycles. The molecule has 2 heterocycles. The van der Waals surface area contributed by atoms with Crippen molar-refractivity contribution >= 4 is 0 Å². The van der Waals surface area contributed by atoms with Crippen LogP contribution in [-0.2, 0) is 0 Å². The van der Waals surface area contributed by atoms with Crippen LogP contribution in [0.1, 0.15) is 31.1 Å². The zero-order valence-corrected chi connectivity index (χ0v) is 9.69. The highest BCUT2D eigenvalue weighted by molar-refractivity contribution is 5.06. The molecular weight excluding hydrogens is 200 g/mol. The molecule has 0 bridgehead atoms. The van der Waals surface area contributed by atoms with Gasteiger partial charge in [-0.25, -0.2) is 0 Å². The van der Waals surface area contributed by atoms with Crippen LogP contribution in [0.25, 0.3) is 0 Å². The van der Waals surface area contributed by atoms with Gasteiger partial charge in [0.25, 0.3) is 0 Å². The second-order valence-electron chi connectivity index (χ2n) is 5.00. The Morgan fingerprint density at radius 2 is 2.19 bits per heavy atom. The Labute approximate surface area is 96.8 Å². The predicted molar refractivity (Wildman–Crippen MR) is 63.2 cm³/mol. The summed E-state index contributed by atoms with van der Waals surface area (Å²) in [4.78, 5) is 2.58. The molecule has 1 aromatic rings. The normalized spacial score (nSPS) is 24.5. The monoisotopic (exact) mass is 220 g/mol. The number of rotatable bonds is 4. The largest absolute Gasteiger partial charge is 0.468 e. The van der Waals surface area contributed by atoms with Crippen LogP contribution < -0.4 is 5.32 Å². The topological polar surface area (TPSA) is 28.4 Å². The maximum absolute atomic E-state index is 5.62. The van der Waals surface area contributed by atoms with Crippen LogP contribution in [0.5, 0.6) is 0 Å². The number of piperazine rings is 1. The fraction of sp³-hybridized carbons (Fsp3) is 0.692. The van der Waals surface area contributed by atoms with E-state index in [1.165, 1.54) is 19.3 Å². The van der Waals surface area contributed by atoms with Crippen molar-refractivity contribution in [2.24, 2.45) is 5.92 Å². The molecule has 3 heteroatoms. The van der Waals surface area contributed by atoms with Gasteiger partial charge in [0.2, 0.25) is 0 Å². The van der Waals surface area contributed by atoms with Crippen molar-refractivity contribution in [3.05, 3.63) is 24.2 Å². The summed E-state index contributed by atoms with van der Waals surface area (Å²) in [7, 11) is 0. The first-order valence-electron chi connectivity index (χ1n) is 6.41. The lowest BCUT2D eigenvalue weighted by molar-refractivity contribution is 0.142. The van der Waals surface area contributed by atoms with Gasteiger partial charge < -0.3 is 9.73 Å². The van der Waals surface area contributed by atoms with Gasteiger partial charge in [-0.1, -0.05) is 12.8 Å². The molecule has 1 atom stereocenters. The summed E-state index contributed by atoms with van der Waals surface area (Å²) >= 11 is 0. The third kappa shape index (κ3) is 2.30. The highest BCUT2D eigenvalue weighted by atomic mass is 16.3. The molecule has 16 heavy (non-hydrogen) atoms. The minimum atomic E-state index is 0.518. The van der Waals surface area contributed by atoms with E-state index in [9.17, 15) is 0 Å². The molecule has 1 aliphatic heterocycles. The Balaban J connectivity index is 1.71. The summed E-state index contributed by atoms with van der Waals surface area (Å²) in [5.41, 5.74) is 0. The van der Waals surface area contributed by atoms with Crippen molar-refractivity contribution < 1.29 is 4.42 Å². The second-order valence-corrected chi connectivity index (χ2v) is 5.00. The lowest BCUT2D eigenvalue weighted by Gasteiger charge is -2.33. The first-order chi connectivity index (χ1) is 7.93. The molecule has 2 fully saturated rings. The van der Waals surface area contributed by atoms with Gasteiger partial charge in [-0.05, 0) is 24.5 Å². The summed E-state index contributed by atoms with van der Waals surface area (Å²) in [5, 5.41) is 3.41. The first-order valence-corrected chi connectivity index (χ1v) is 6.41. The molecule has 0 aromatic carbocycles. The molecule has 1 N–H and O–H groups in total. The highest BCUT2D eigenvalue weighted by Gasteiger charge is 2.31. The van der Waals surface area contributed by atoms with E-state index in [2.05, 4.69) is 16.3 Å². The molecule has 3 rings (SSSR count). The van der Waals surface area contributed by atoms with Crippen LogP contribution in [0.4, 0.5) is 0 Å². The fourth-order valence-corrected chi connectivity index (χ4v) is 2.59. The quantitative estimate of drug-likeness (QED) is 0.841. The third-order valence-electron chi connectivity index (χ3n) is 3.72. The SMILES string of the molecule is c1coc([C@@H](CC2CC2)N2CCNCC2)c1. The summed E-state index contributed by atoms with van der Waals surface area (Å²) in [6.07, 6.45) is 5.93. The summed E-state index contributed by atoms with van der Waals surface area (Å²) in [6, 6.07) is 4.66. The maximum atomic E-state index is 5.62. The number of nitrogens with one attached hydrogen (secondary N) is 1. The average Bonchev–Trinajstić information content (AvgIpc) is 3.00. The molecule has 3 nitrogen and oxygen atoms in total. The van der Waals surface area contributed by atoms with Crippen LogP contribution in [0.3, 0.4) is 0 Å². The average molecular weight is 220 g/mol. The van der Waals surface area contributed by atoms with E-state index in [-0.39, 0.29) is 0 Å². The zero-order chi connectivity index (χ0) is 10.8. The van der Waals surface area contributed by atoms with Crippen LogP contribution in [0, 0.1) is 5.92 Å². The molecule has 1 aromatic heterocycles. The molecule has 1 saturated heterocycles. The summed E-state index contributed by atoms with van der Waals surface area (Å²) in [5.74, 6) is 2.11. The Bertz CT molecular complexity index is 313. The van der Waals surface area contributed by atoms with Gasteiger partial charge in [0, 0.05) is 26.2 Å². The van der Waals surface area contributed by atoms with Crippen LogP contribution in [-0.4, -0.2) is 31.1 Å². The van der Waals surface area contributed by atoms with E-state index in [0.29, 0.717) is 6.04 Å². The maximum Gasteiger partial charge on any atom is 0.120 e. The van der Waals surface area contributed by atoms with Gasteiger partial charge in [0.1, 0.15) is 5.76 Å². The first kappa shape index (κ1) is 10.4. The second kappa shape index (κ2) is 4.60. The number of hydrogen-bond acceptors (Lipinski definition) is 3. The van der Waals surface area contributed by atoms with Gasteiger partial charge in [-0.3, -0.25) is 4.90 Å². The van der Waals surface area contributed by atoms with Crippen molar-refractivity contribution in [1.29, 1.82) is 0 Å². The van der Waals surface area contributed by atoms with E-state index < -0.39 is 0 Å². The van der Waals surface area contributed by atoms with Crippen LogP contribution >= 0.6 is 0 Å². The Morgan fingerprint density at radius 1 is 1.38 bits per heavy atom. The Kier molecular flexibility index (Phi) is 2.98. The minimum absolute atomic E-state index is 0.518. The van der Waals surface area contributed by atoms with Crippen molar-refractivity contribution in [2.75, 3.05) is 26.2 Å². The molecule has 1 saturated carbocycles. The van der Waals surface area contributed by atoms with Crippen molar-refractivity contribution in [3.63, 3.8) is 0 Å². The van der Waals surface area contributed by atoms with E-state index in [4.69, 9.17) is 4.42 Å². The van der Waals surface area contributed by atoms with Crippen molar-refractivity contribution in [2.45, 2.75) is 25.3 Å². The third-order valence-corrected chi connectivity index (χ3v) is 3.72.